The van der Waals surface area contributed by atoms with Crippen LogP contribution in [0.15, 0.2) is 28.7 Å². The molecule has 1 heterocycles. The number of rotatable bonds is 3. The summed E-state index contributed by atoms with van der Waals surface area (Å²) in [4.78, 5) is 25.8. The number of nitrogens with zero attached hydrogens (tertiary/aromatic N) is 2. The standard InChI is InChI=1S/C12H13BrN2O3/c1-14-10(6-11(16)17)7-15(12(14)18)9-4-2-8(13)3-5-9/h2-5,10H,6-7H2,1H3,(H,16,17). The monoisotopic (exact) mass is 312 g/mol. The summed E-state index contributed by atoms with van der Waals surface area (Å²) in [6, 6.07) is 6.93. The average Bonchev–Trinajstić information content (AvgIpc) is 2.58. The van der Waals surface area contributed by atoms with Crippen molar-refractivity contribution in [2.24, 2.45) is 0 Å². The zero-order chi connectivity index (χ0) is 13.3. The van der Waals surface area contributed by atoms with E-state index in [0.29, 0.717) is 6.54 Å². The van der Waals surface area contributed by atoms with Crippen molar-refractivity contribution < 1.29 is 14.7 Å². The van der Waals surface area contributed by atoms with Crippen molar-refractivity contribution in [3.63, 3.8) is 0 Å². The Labute approximate surface area is 113 Å². The van der Waals surface area contributed by atoms with E-state index in [1.807, 2.05) is 24.3 Å². The number of carbonyl (C=O) groups excluding carboxylic acids is 1. The lowest BCUT2D eigenvalue weighted by atomic mass is 10.2. The van der Waals surface area contributed by atoms with Crippen LogP contribution in [0.4, 0.5) is 10.5 Å². The number of amides is 2. The first kappa shape index (κ1) is 12.9. The van der Waals surface area contributed by atoms with Crippen LogP contribution in [0.25, 0.3) is 0 Å². The second kappa shape index (κ2) is 4.97. The van der Waals surface area contributed by atoms with Gasteiger partial charge in [-0.15, -0.1) is 0 Å². The molecule has 5 nitrogen and oxygen atoms in total. The maximum Gasteiger partial charge on any atom is 0.324 e. The highest BCUT2D eigenvalue weighted by molar-refractivity contribution is 9.10. The molecule has 1 atom stereocenters. The van der Waals surface area contributed by atoms with E-state index in [4.69, 9.17) is 5.11 Å². The Hall–Kier alpha value is -1.56. The lowest BCUT2D eigenvalue weighted by molar-refractivity contribution is -0.137. The summed E-state index contributed by atoms with van der Waals surface area (Å²) in [6.45, 7) is 0.406. The van der Waals surface area contributed by atoms with Crippen LogP contribution in [0, 0.1) is 0 Å². The topological polar surface area (TPSA) is 60.9 Å². The molecule has 1 aliphatic rings. The highest BCUT2D eigenvalue weighted by atomic mass is 79.9. The second-order valence-corrected chi connectivity index (χ2v) is 5.15. The Bertz CT molecular complexity index is 475. The molecule has 0 aromatic heterocycles. The van der Waals surface area contributed by atoms with Crippen LogP contribution in [-0.4, -0.2) is 41.6 Å². The fourth-order valence-electron chi connectivity index (χ4n) is 2.00. The second-order valence-electron chi connectivity index (χ2n) is 4.23. The van der Waals surface area contributed by atoms with E-state index in [-0.39, 0.29) is 18.5 Å². The molecule has 1 N–H and O–H groups in total. The molecule has 1 aliphatic heterocycles. The van der Waals surface area contributed by atoms with Crippen molar-refractivity contribution in [1.29, 1.82) is 0 Å². The first-order chi connectivity index (χ1) is 8.49. The molecule has 0 saturated carbocycles. The van der Waals surface area contributed by atoms with Crippen LogP contribution in [-0.2, 0) is 4.79 Å². The van der Waals surface area contributed by atoms with E-state index in [2.05, 4.69) is 15.9 Å². The molecule has 2 rings (SSSR count). The zero-order valence-electron chi connectivity index (χ0n) is 9.84. The normalized spacial score (nSPS) is 19.4. The minimum atomic E-state index is -0.891. The maximum atomic E-state index is 12.0. The van der Waals surface area contributed by atoms with Crippen LogP contribution < -0.4 is 4.90 Å². The third-order valence-corrected chi connectivity index (χ3v) is 3.55. The quantitative estimate of drug-likeness (QED) is 0.930. The Morgan fingerprint density at radius 1 is 1.44 bits per heavy atom. The van der Waals surface area contributed by atoms with E-state index in [1.165, 1.54) is 4.90 Å². The van der Waals surface area contributed by atoms with Crippen LogP contribution in [0.1, 0.15) is 6.42 Å². The van der Waals surface area contributed by atoms with Gasteiger partial charge < -0.3 is 10.0 Å². The van der Waals surface area contributed by atoms with Crippen molar-refractivity contribution in [3.8, 4) is 0 Å². The molecular formula is C12H13BrN2O3. The van der Waals surface area contributed by atoms with Crippen molar-refractivity contribution in [3.05, 3.63) is 28.7 Å². The molecule has 18 heavy (non-hydrogen) atoms. The predicted octanol–water partition coefficient (Wildman–Crippen LogP) is 2.16. The van der Waals surface area contributed by atoms with E-state index < -0.39 is 5.97 Å². The number of benzene rings is 1. The number of hydrogen-bond acceptors (Lipinski definition) is 2. The minimum Gasteiger partial charge on any atom is -0.481 e. The van der Waals surface area contributed by atoms with Crippen LogP contribution >= 0.6 is 15.9 Å². The third-order valence-electron chi connectivity index (χ3n) is 3.02. The Kier molecular flexibility index (Phi) is 3.56. The van der Waals surface area contributed by atoms with Gasteiger partial charge in [-0.3, -0.25) is 9.69 Å². The molecule has 1 aromatic rings. The SMILES string of the molecule is CN1C(=O)N(c2ccc(Br)cc2)CC1CC(=O)O. The third kappa shape index (κ3) is 2.48. The van der Waals surface area contributed by atoms with Gasteiger partial charge in [0.1, 0.15) is 0 Å². The summed E-state index contributed by atoms with van der Waals surface area (Å²) in [6.07, 6.45) is -0.0325. The predicted molar refractivity (Wildman–Crippen MR) is 70.7 cm³/mol. The highest BCUT2D eigenvalue weighted by Crippen LogP contribution is 2.25. The molecule has 0 radical (unpaired) electrons. The van der Waals surface area contributed by atoms with Gasteiger partial charge in [0.05, 0.1) is 12.5 Å². The van der Waals surface area contributed by atoms with Crippen LogP contribution in [0.2, 0.25) is 0 Å². The van der Waals surface area contributed by atoms with Gasteiger partial charge in [0.15, 0.2) is 0 Å². The van der Waals surface area contributed by atoms with Gasteiger partial charge in [0, 0.05) is 23.8 Å². The van der Waals surface area contributed by atoms with Gasteiger partial charge in [-0.1, -0.05) is 15.9 Å². The molecule has 1 aromatic carbocycles. The molecule has 1 fully saturated rings. The van der Waals surface area contributed by atoms with Crippen LogP contribution in [0.3, 0.4) is 0 Å². The Balaban J connectivity index is 2.18. The van der Waals surface area contributed by atoms with Crippen molar-refractivity contribution in [2.75, 3.05) is 18.5 Å². The van der Waals surface area contributed by atoms with Gasteiger partial charge in [0.25, 0.3) is 0 Å². The summed E-state index contributed by atoms with van der Waals surface area (Å²) in [5.74, 6) is -0.891. The molecule has 0 spiro atoms. The number of anilines is 1. The molecule has 2 amide bonds. The lowest BCUT2D eigenvalue weighted by Gasteiger charge is -2.16. The van der Waals surface area contributed by atoms with Crippen molar-refractivity contribution in [2.45, 2.75) is 12.5 Å². The summed E-state index contributed by atoms with van der Waals surface area (Å²) >= 11 is 3.33. The molecular weight excluding hydrogens is 300 g/mol. The molecule has 96 valence electrons. The fraction of sp³-hybridized carbons (Fsp3) is 0.333. The fourth-order valence-corrected chi connectivity index (χ4v) is 2.26. The van der Waals surface area contributed by atoms with Gasteiger partial charge in [-0.05, 0) is 24.3 Å². The van der Waals surface area contributed by atoms with E-state index in [0.717, 1.165) is 10.2 Å². The zero-order valence-corrected chi connectivity index (χ0v) is 11.4. The molecule has 6 heteroatoms. The largest absolute Gasteiger partial charge is 0.481 e. The number of aliphatic carboxylic acids is 1. The number of carbonyl (C=O) groups is 2. The Morgan fingerprint density at radius 3 is 2.61 bits per heavy atom. The first-order valence-corrected chi connectivity index (χ1v) is 6.30. The number of carboxylic acids is 1. The van der Waals surface area contributed by atoms with Gasteiger partial charge in [-0.2, -0.15) is 0 Å². The number of carboxylic acid groups (broad SMARTS) is 1. The number of hydrogen-bond donors (Lipinski definition) is 1. The summed E-state index contributed by atoms with van der Waals surface area (Å²) < 4.78 is 0.938. The number of urea groups is 1. The van der Waals surface area contributed by atoms with E-state index >= 15 is 0 Å². The lowest BCUT2D eigenvalue weighted by Crippen LogP contribution is -2.32. The molecule has 1 unspecified atom stereocenters. The van der Waals surface area contributed by atoms with Gasteiger partial charge in [0.2, 0.25) is 0 Å². The van der Waals surface area contributed by atoms with Crippen molar-refractivity contribution >= 4 is 33.6 Å². The number of halogens is 1. The molecule has 0 bridgehead atoms. The smallest absolute Gasteiger partial charge is 0.324 e. The van der Waals surface area contributed by atoms with Gasteiger partial charge >= 0.3 is 12.0 Å². The molecule has 1 saturated heterocycles. The maximum absolute atomic E-state index is 12.0. The summed E-state index contributed by atoms with van der Waals surface area (Å²) in [5, 5.41) is 8.81. The van der Waals surface area contributed by atoms with E-state index in [9.17, 15) is 9.59 Å². The Morgan fingerprint density at radius 2 is 2.06 bits per heavy atom. The highest BCUT2D eigenvalue weighted by Gasteiger charge is 2.36. The summed E-state index contributed by atoms with van der Waals surface area (Å²) in [5.41, 5.74) is 0.780. The number of likely N-dealkylation sites (N-methyl/N-ethyl adjacent to an activating group) is 1. The van der Waals surface area contributed by atoms with Crippen LogP contribution in [0.5, 0.6) is 0 Å². The molecule has 0 aliphatic carbocycles. The van der Waals surface area contributed by atoms with Crippen molar-refractivity contribution in [1.82, 2.24) is 4.90 Å². The average molecular weight is 313 g/mol. The van der Waals surface area contributed by atoms with Gasteiger partial charge in [-0.25, -0.2) is 4.79 Å². The summed E-state index contributed by atoms with van der Waals surface area (Å²) in [7, 11) is 1.63. The van der Waals surface area contributed by atoms with E-state index in [1.54, 1.807) is 11.9 Å². The minimum absolute atomic E-state index is 0.0325. The first-order valence-electron chi connectivity index (χ1n) is 5.50.